The molecule has 0 spiro atoms. The molecule has 0 amide bonds. The number of allylic oxidation sites excluding steroid dienone is 2. The van der Waals surface area contributed by atoms with Gasteiger partial charge in [-0.25, -0.2) is 0 Å². The molecule has 1 N–H and O–H groups in total. The summed E-state index contributed by atoms with van der Waals surface area (Å²) >= 11 is 0. The van der Waals surface area contributed by atoms with Crippen LogP contribution in [0.3, 0.4) is 0 Å². The van der Waals surface area contributed by atoms with Crippen LogP contribution in [0.1, 0.15) is 30.5 Å². The molecule has 32 heavy (non-hydrogen) atoms. The van der Waals surface area contributed by atoms with Crippen molar-refractivity contribution in [2.45, 2.75) is 34.6 Å². The number of fused-ring (bicyclic) bond motifs is 1. The molecule has 2 heterocycles. The Bertz CT molecular complexity index is 1230. The van der Waals surface area contributed by atoms with E-state index in [4.69, 9.17) is 10.1 Å². The van der Waals surface area contributed by atoms with Gasteiger partial charge in [0.25, 0.3) is 0 Å². The van der Waals surface area contributed by atoms with Crippen molar-refractivity contribution in [1.82, 2.24) is 9.55 Å². The van der Waals surface area contributed by atoms with E-state index in [9.17, 15) is 4.79 Å². The molecular formula is C27H27IrN2O2-. The van der Waals surface area contributed by atoms with Crippen LogP contribution in [0.4, 0.5) is 0 Å². The zero-order chi connectivity index (χ0) is 22.5. The van der Waals surface area contributed by atoms with Crippen LogP contribution >= 0.6 is 0 Å². The predicted octanol–water partition coefficient (Wildman–Crippen LogP) is 6.45. The van der Waals surface area contributed by atoms with Gasteiger partial charge in [-0.15, -0.1) is 34.9 Å². The van der Waals surface area contributed by atoms with Gasteiger partial charge in [-0.1, -0.05) is 26.0 Å². The Kier molecular flexibility index (Phi) is 8.71. The number of hydrogen-bond acceptors (Lipinski definition) is 3. The fourth-order valence-electron chi connectivity index (χ4n) is 3.52. The Morgan fingerprint density at radius 1 is 1.03 bits per heavy atom. The average Bonchev–Trinajstić information content (AvgIpc) is 3.20. The van der Waals surface area contributed by atoms with Crippen molar-refractivity contribution in [2.75, 3.05) is 0 Å². The summed E-state index contributed by atoms with van der Waals surface area (Å²) in [6.07, 6.45) is 5.30. The third-order valence-corrected chi connectivity index (χ3v) is 4.73. The number of carbonyl (C=O) groups excluding carboxylic acids is 1. The fraction of sp³-hybridized carbons (Fsp3) is 0.185. The first-order valence-electron chi connectivity index (χ1n) is 10.2. The number of carbonyl (C=O) groups is 1. The number of benzene rings is 2. The van der Waals surface area contributed by atoms with Crippen LogP contribution in [0, 0.1) is 26.8 Å². The summed E-state index contributed by atoms with van der Waals surface area (Å²) in [5, 5.41) is 9.53. The number of rotatable bonds is 3. The number of hydrogen-bond donors (Lipinski definition) is 1. The molecular weight excluding hydrogens is 577 g/mol. The molecule has 4 aromatic rings. The van der Waals surface area contributed by atoms with Crippen molar-refractivity contribution in [3.05, 3.63) is 95.5 Å². The number of aliphatic hydroxyl groups is 1. The molecule has 4 rings (SSSR count). The maximum Gasteiger partial charge on any atom is 0.155 e. The van der Waals surface area contributed by atoms with E-state index in [0.717, 1.165) is 27.7 Å². The summed E-state index contributed by atoms with van der Waals surface area (Å²) in [5.74, 6) is -0.0625. The van der Waals surface area contributed by atoms with E-state index in [0.29, 0.717) is 0 Å². The van der Waals surface area contributed by atoms with E-state index in [1.165, 1.54) is 36.7 Å². The van der Waals surface area contributed by atoms with E-state index >= 15 is 0 Å². The largest absolute Gasteiger partial charge is 0.512 e. The molecule has 0 saturated heterocycles. The van der Waals surface area contributed by atoms with Crippen molar-refractivity contribution < 1.29 is 30.0 Å². The van der Waals surface area contributed by atoms with Gasteiger partial charge in [-0.2, -0.15) is 0 Å². The first kappa shape index (κ1) is 25.3. The second kappa shape index (κ2) is 11.0. The second-order valence-corrected chi connectivity index (χ2v) is 7.77. The van der Waals surface area contributed by atoms with E-state index in [1.807, 2.05) is 12.1 Å². The quantitative estimate of drug-likeness (QED) is 0.166. The number of nitrogens with zero attached hydrogens (tertiary/aromatic N) is 2. The zero-order valence-corrected chi connectivity index (χ0v) is 21.3. The minimum Gasteiger partial charge on any atom is -0.512 e. The third-order valence-electron chi connectivity index (χ3n) is 4.73. The molecule has 4 nitrogen and oxygen atoms in total. The van der Waals surface area contributed by atoms with Gasteiger partial charge in [0.05, 0.1) is 11.3 Å². The number of ketones is 1. The van der Waals surface area contributed by atoms with Gasteiger partial charge in [0.15, 0.2) is 5.78 Å². The zero-order valence-electron chi connectivity index (χ0n) is 18.9. The normalized spacial score (nSPS) is 10.8. The Hall–Kier alpha value is -3.01. The fourth-order valence-corrected chi connectivity index (χ4v) is 3.52. The molecule has 0 atom stereocenters. The van der Waals surface area contributed by atoms with Gasteiger partial charge in [-0.3, -0.25) is 9.78 Å². The molecule has 5 heteroatoms. The standard InChI is InChI=1S/C22H19N2.C5H8O2.Ir/c1-15-10-16(2)12-19(11-15)20-7-6-18-13-17(3)22(14-21(18)23-20)24-8-4-5-9-24;1-4(6)3-5(2)7;/h4-11,13-14H,1-3H3;3,6H,1-2H3;/q-1;;/b;4-3-;. The summed E-state index contributed by atoms with van der Waals surface area (Å²) < 4.78 is 2.13. The molecule has 0 fully saturated rings. The van der Waals surface area contributed by atoms with E-state index < -0.39 is 0 Å². The Morgan fingerprint density at radius 3 is 2.28 bits per heavy atom. The Labute approximate surface area is 203 Å². The van der Waals surface area contributed by atoms with Gasteiger partial charge >= 0.3 is 0 Å². The van der Waals surface area contributed by atoms with Crippen molar-refractivity contribution >= 4 is 16.7 Å². The Balaban J connectivity index is 0.000000398. The van der Waals surface area contributed by atoms with Crippen molar-refractivity contribution in [2.24, 2.45) is 0 Å². The Morgan fingerprint density at radius 2 is 1.72 bits per heavy atom. The van der Waals surface area contributed by atoms with Crippen LogP contribution in [0.5, 0.6) is 0 Å². The number of aromatic nitrogens is 2. The summed E-state index contributed by atoms with van der Waals surface area (Å²) in [5.41, 5.74) is 7.82. The maximum atomic E-state index is 10.0. The minimum absolute atomic E-state index is 0. The molecule has 0 saturated carbocycles. The van der Waals surface area contributed by atoms with Crippen molar-refractivity contribution in [1.29, 1.82) is 0 Å². The number of aryl methyl sites for hydroxylation is 3. The maximum absolute atomic E-state index is 10.0. The van der Waals surface area contributed by atoms with E-state index in [-0.39, 0.29) is 31.6 Å². The van der Waals surface area contributed by atoms with E-state index in [2.05, 4.69) is 80.2 Å². The summed E-state index contributed by atoms with van der Waals surface area (Å²) in [4.78, 5) is 14.9. The molecule has 2 aromatic heterocycles. The summed E-state index contributed by atoms with van der Waals surface area (Å²) in [6.45, 7) is 9.17. The number of aliphatic hydroxyl groups excluding tert-OH is 1. The van der Waals surface area contributed by atoms with Crippen LogP contribution in [-0.4, -0.2) is 20.4 Å². The van der Waals surface area contributed by atoms with Gasteiger partial charge in [0, 0.05) is 44.3 Å². The number of pyridine rings is 1. The minimum atomic E-state index is -0.125. The molecule has 0 bridgehead atoms. The third kappa shape index (κ3) is 6.49. The summed E-state index contributed by atoms with van der Waals surface area (Å²) in [7, 11) is 0. The molecule has 0 aliphatic rings. The van der Waals surface area contributed by atoms with Crippen LogP contribution < -0.4 is 0 Å². The van der Waals surface area contributed by atoms with Gasteiger partial charge in [0.1, 0.15) is 0 Å². The first-order valence-corrected chi connectivity index (χ1v) is 10.2. The molecule has 1 radical (unpaired) electrons. The molecule has 2 aromatic carbocycles. The first-order chi connectivity index (χ1) is 14.7. The molecule has 0 aliphatic carbocycles. The van der Waals surface area contributed by atoms with Crippen LogP contribution in [0.25, 0.3) is 27.8 Å². The van der Waals surface area contributed by atoms with Crippen LogP contribution in [0.15, 0.2) is 72.8 Å². The molecule has 0 aliphatic heterocycles. The monoisotopic (exact) mass is 604 g/mol. The van der Waals surface area contributed by atoms with E-state index in [1.54, 1.807) is 0 Å². The smallest absolute Gasteiger partial charge is 0.155 e. The molecule has 0 unspecified atom stereocenters. The van der Waals surface area contributed by atoms with Crippen LogP contribution in [-0.2, 0) is 24.9 Å². The average molecular weight is 604 g/mol. The van der Waals surface area contributed by atoms with Crippen molar-refractivity contribution in [3.8, 4) is 16.9 Å². The van der Waals surface area contributed by atoms with Crippen LogP contribution in [0.2, 0.25) is 0 Å². The van der Waals surface area contributed by atoms with Gasteiger partial charge < -0.3 is 9.67 Å². The summed E-state index contributed by atoms with van der Waals surface area (Å²) in [6, 6.07) is 20.4. The van der Waals surface area contributed by atoms with Gasteiger partial charge in [-0.05, 0) is 61.7 Å². The van der Waals surface area contributed by atoms with Crippen molar-refractivity contribution in [3.63, 3.8) is 0 Å². The topological polar surface area (TPSA) is 55.1 Å². The second-order valence-electron chi connectivity index (χ2n) is 7.77. The SMILES string of the molecule is CC(=O)/C=C(/C)O.Cc1[c-]c(-c2ccc3cc(C)c(-n4cccc4)cc3n2)cc(C)c1.[Ir]. The van der Waals surface area contributed by atoms with Gasteiger partial charge in [0.2, 0.25) is 0 Å². The predicted molar refractivity (Wildman–Crippen MR) is 127 cm³/mol. The molecule has 167 valence electrons.